The van der Waals surface area contributed by atoms with Crippen LogP contribution in [0.25, 0.3) is 11.7 Å². The zero-order valence-corrected chi connectivity index (χ0v) is 20.4. The minimum Gasteiger partial charge on any atom is -0.493 e. The van der Waals surface area contributed by atoms with Crippen LogP contribution in [-0.2, 0) is 0 Å². The molecule has 188 valence electrons. The first-order valence-corrected chi connectivity index (χ1v) is 12.1. The molecule has 0 bridgehead atoms. The Morgan fingerprint density at radius 2 is 2.11 bits per heavy atom. The Bertz CT molecular complexity index is 1550. The van der Waals surface area contributed by atoms with Crippen molar-refractivity contribution in [1.82, 2.24) is 29.5 Å². The highest BCUT2D eigenvalue weighted by molar-refractivity contribution is 6.30. The van der Waals surface area contributed by atoms with Gasteiger partial charge in [-0.2, -0.15) is 9.61 Å². The van der Waals surface area contributed by atoms with Gasteiger partial charge in [-0.3, -0.25) is 9.98 Å². The fraction of sp³-hybridized carbons (Fsp3) is 0.333. The number of aliphatic hydroxyl groups is 1. The van der Waals surface area contributed by atoms with Crippen LogP contribution in [0.4, 0.5) is 11.5 Å². The lowest BCUT2D eigenvalue weighted by molar-refractivity contribution is 0.109. The summed E-state index contributed by atoms with van der Waals surface area (Å²) in [6.07, 6.45) is 4.59. The van der Waals surface area contributed by atoms with Crippen molar-refractivity contribution >= 4 is 34.8 Å². The summed E-state index contributed by atoms with van der Waals surface area (Å²) >= 11 is 6.15. The van der Waals surface area contributed by atoms with Gasteiger partial charge in [0.25, 0.3) is 0 Å². The van der Waals surface area contributed by atoms with Crippen molar-refractivity contribution in [3.63, 3.8) is 0 Å². The third-order valence-corrected chi connectivity index (χ3v) is 6.24. The third kappa shape index (κ3) is 5.43. The van der Waals surface area contributed by atoms with Crippen LogP contribution in [0.3, 0.4) is 0 Å². The van der Waals surface area contributed by atoms with E-state index in [2.05, 4.69) is 25.3 Å². The van der Waals surface area contributed by atoms with Gasteiger partial charge in [0.15, 0.2) is 11.1 Å². The van der Waals surface area contributed by atoms with Crippen molar-refractivity contribution in [1.29, 1.82) is 0 Å². The van der Waals surface area contributed by atoms with E-state index in [1.165, 1.54) is 0 Å². The molecule has 3 aromatic heterocycles. The number of nitrogens with zero attached hydrogens (tertiary/aromatic N) is 5. The van der Waals surface area contributed by atoms with Crippen molar-refractivity contribution in [2.75, 3.05) is 25.0 Å². The molecule has 1 unspecified atom stereocenters. The molecule has 1 atom stereocenters. The molecule has 1 fully saturated rings. The number of fused-ring (bicyclic) bond motifs is 1. The van der Waals surface area contributed by atoms with E-state index in [0.29, 0.717) is 33.7 Å². The smallest absolute Gasteiger partial charge is 0.326 e. The third-order valence-electron chi connectivity index (χ3n) is 6.01. The number of rotatable bonds is 6. The van der Waals surface area contributed by atoms with E-state index >= 15 is 0 Å². The number of hydrogen-bond acceptors (Lipinski definition) is 8. The van der Waals surface area contributed by atoms with Crippen LogP contribution in [0.5, 0.6) is 5.88 Å². The standard InChI is InChI=1S/C24H27ClN8O3/c1-14(34)13-32-7-5-17(6-8-32)28-21-11-20(27-18-4-2-3-16(25)10-18)30-22-15(12-26-33(21)22)9-19-23(35)31-24(36)29-19/h2-4,9-12,14,17,27,34-35H,5-8,13H2,1H3,(H2,29,31,36)/b15-9+,28-21?. The first-order chi connectivity index (χ1) is 17.3. The second-order valence-electron chi connectivity index (χ2n) is 8.97. The summed E-state index contributed by atoms with van der Waals surface area (Å²) in [6, 6.07) is 9.26. The molecule has 0 saturated carbocycles. The average molecular weight is 511 g/mol. The number of nitrogens with one attached hydrogen (secondary N) is 3. The number of anilines is 2. The van der Waals surface area contributed by atoms with Gasteiger partial charge in [0.05, 0.1) is 18.3 Å². The Kier molecular flexibility index (Phi) is 6.77. The van der Waals surface area contributed by atoms with E-state index < -0.39 is 5.69 Å². The largest absolute Gasteiger partial charge is 0.493 e. The van der Waals surface area contributed by atoms with Gasteiger partial charge < -0.3 is 25.4 Å². The van der Waals surface area contributed by atoms with E-state index in [1.54, 1.807) is 35.8 Å². The molecule has 1 saturated heterocycles. The fourth-order valence-corrected chi connectivity index (χ4v) is 4.57. The number of β-amino-alcohol motifs (C(OH)–C–C–N with tert-alkyl or cyclic N) is 1. The molecule has 5 rings (SSSR count). The highest BCUT2D eigenvalue weighted by atomic mass is 35.5. The number of piperidine rings is 1. The number of likely N-dealkylation sites (tertiary alicyclic amines) is 1. The summed E-state index contributed by atoms with van der Waals surface area (Å²) in [6.45, 7) is 4.18. The maximum Gasteiger partial charge on any atom is 0.326 e. The molecule has 1 aromatic carbocycles. The van der Waals surface area contributed by atoms with Crippen molar-refractivity contribution in [2.24, 2.45) is 4.99 Å². The van der Waals surface area contributed by atoms with Gasteiger partial charge in [0.1, 0.15) is 11.5 Å². The topological polar surface area (TPSA) is 147 Å². The number of aliphatic hydroxyl groups excluding tert-OH is 1. The quantitative estimate of drug-likeness (QED) is 0.261. The molecule has 0 aliphatic carbocycles. The van der Waals surface area contributed by atoms with Crippen molar-refractivity contribution in [3.8, 4) is 5.88 Å². The molecular weight excluding hydrogens is 484 g/mol. The van der Waals surface area contributed by atoms with Crippen LogP contribution < -0.4 is 21.7 Å². The summed E-state index contributed by atoms with van der Waals surface area (Å²) in [5.41, 5.74) is 1.63. The van der Waals surface area contributed by atoms with Crippen LogP contribution in [0.2, 0.25) is 5.02 Å². The van der Waals surface area contributed by atoms with Crippen LogP contribution in [0.15, 0.2) is 46.3 Å². The normalized spacial score (nSPS) is 17.2. The maximum atomic E-state index is 11.6. The van der Waals surface area contributed by atoms with E-state index in [4.69, 9.17) is 21.6 Å². The molecule has 11 nitrogen and oxygen atoms in total. The Labute approximate surface area is 210 Å². The Hall–Kier alpha value is -3.67. The molecule has 4 aromatic rings. The second kappa shape index (κ2) is 10.1. The number of aromatic nitrogens is 5. The average Bonchev–Trinajstić information content (AvgIpc) is 3.37. The first-order valence-electron chi connectivity index (χ1n) is 11.7. The second-order valence-corrected chi connectivity index (χ2v) is 9.40. The lowest BCUT2D eigenvalue weighted by Crippen LogP contribution is -2.39. The van der Waals surface area contributed by atoms with Crippen molar-refractivity contribution in [2.45, 2.75) is 31.9 Å². The van der Waals surface area contributed by atoms with Gasteiger partial charge in [-0.1, -0.05) is 17.7 Å². The molecule has 0 spiro atoms. The van der Waals surface area contributed by atoms with Gasteiger partial charge in [-0.25, -0.2) is 9.78 Å². The zero-order valence-electron chi connectivity index (χ0n) is 19.6. The lowest BCUT2D eigenvalue weighted by atomic mass is 10.1. The minimum atomic E-state index is -0.510. The Morgan fingerprint density at radius 1 is 1.31 bits per heavy atom. The van der Waals surface area contributed by atoms with Crippen molar-refractivity contribution < 1.29 is 10.2 Å². The molecule has 12 heteroatoms. The molecule has 1 aliphatic heterocycles. The number of aromatic hydroxyl groups is 1. The maximum absolute atomic E-state index is 11.6. The van der Waals surface area contributed by atoms with Crippen LogP contribution in [0, 0.1) is 0 Å². The highest BCUT2D eigenvalue weighted by Gasteiger charge is 2.20. The number of imidazole rings is 1. The Balaban J connectivity index is 1.56. The lowest BCUT2D eigenvalue weighted by Gasteiger charge is -2.30. The minimum absolute atomic E-state index is 0.0987. The van der Waals surface area contributed by atoms with Crippen LogP contribution in [-0.4, -0.2) is 71.5 Å². The van der Waals surface area contributed by atoms with Crippen LogP contribution >= 0.6 is 11.6 Å². The molecule has 4 heterocycles. The van der Waals surface area contributed by atoms with Crippen LogP contribution in [0.1, 0.15) is 25.5 Å². The van der Waals surface area contributed by atoms with Gasteiger partial charge in [-0.15, -0.1) is 0 Å². The highest BCUT2D eigenvalue weighted by Crippen LogP contribution is 2.19. The number of H-pyrrole nitrogens is 2. The summed E-state index contributed by atoms with van der Waals surface area (Å²) < 4.78 is 1.65. The molecular formula is C24H27ClN8O3. The van der Waals surface area contributed by atoms with Gasteiger partial charge in [-0.05, 0) is 44.0 Å². The van der Waals surface area contributed by atoms with Crippen molar-refractivity contribution in [3.05, 3.63) is 68.4 Å². The fourth-order valence-electron chi connectivity index (χ4n) is 4.38. The molecule has 0 radical (unpaired) electrons. The van der Waals surface area contributed by atoms with E-state index in [1.807, 2.05) is 18.2 Å². The zero-order chi connectivity index (χ0) is 25.2. The number of benzene rings is 1. The Morgan fingerprint density at radius 3 is 2.81 bits per heavy atom. The predicted octanol–water partition coefficient (Wildman–Crippen LogP) is 1.14. The summed E-state index contributed by atoms with van der Waals surface area (Å²) in [7, 11) is 0. The predicted molar refractivity (Wildman–Crippen MR) is 136 cm³/mol. The van der Waals surface area contributed by atoms with E-state index in [0.717, 1.165) is 31.6 Å². The molecule has 1 aliphatic rings. The number of hydrogen-bond donors (Lipinski definition) is 5. The first kappa shape index (κ1) is 24.0. The number of aromatic amines is 2. The summed E-state index contributed by atoms with van der Waals surface area (Å²) in [5, 5.41) is 28.6. The number of halogens is 1. The molecule has 36 heavy (non-hydrogen) atoms. The van der Waals surface area contributed by atoms with Gasteiger partial charge >= 0.3 is 5.69 Å². The molecule has 0 amide bonds. The molecule has 5 N–H and O–H groups in total. The van der Waals surface area contributed by atoms with Gasteiger partial charge in [0, 0.05) is 41.6 Å². The van der Waals surface area contributed by atoms with E-state index in [9.17, 15) is 15.0 Å². The summed E-state index contributed by atoms with van der Waals surface area (Å²) in [4.78, 5) is 28.4. The monoisotopic (exact) mass is 510 g/mol. The SMILES string of the molecule is CC(O)CN1CCC(N=c2cc(Nc3cccc(Cl)c3)nc3/c(=C/c4[nH]c(=O)[nH]c4O)cnn23)CC1. The van der Waals surface area contributed by atoms with E-state index in [-0.39, 0.29) is 23.7 Å². The van der Waals surface area contributed by atoms with Gasteiger partial charge in [0.2, 0.25) is 5.88 Å². The summed E-state index contributed by atoms with van der Waals surface area (Å²) in [5.74, 6) is 0.290.